The highest BCUT2D eigenvalue weighted by atomic mass is 16.5. The summed E-state index contributed by atoms with van der Waals surface area (Å²) in [4.78, 5) is 11.6. The van der Waals surface area contributed by atoms with E-state index in [-0.39, 0.29) is 12.6 Å². The van der Waals surface area contributed by atoms with Gasteiger partial charge in [0.2, 0.25) is 0 Å². The number of carbonyl (C=O) groups excluding carboxylic acids is 1. The van der Waals surface area contributed by atoms with Crippen LogP contribution in [0.25, 0.3) is 22.4 Å². The average Bonchev–Trinajstić information content (AvgIpc) is 3.32. The Morgan fingerprint density at radius 2 is 1.61 bits per heavy atom. The molecule has 0 aliphatic heterocycles. The number of ether oxygens (including phenoxy) is 3. The molecule has 0 bridgehead atoms. The summed E-state index contributed by atoms with van der Waals surface area (Å²) in [5.41, 5.74) is 3.98. The molecule has 0 saturated heterocycles. The molecule has 3 aromatic carbocycles. The lowest BCUT2D eigenvalue weighted by molar-refractivity contribution is 0.0600. The first-order valence-electron chi connectivity index (χ1n) is 9.68. The molecule has 0 radical (unpaired) electrons. The van der Waals surface area contributed by atoms with Crippen molar-refractivity contribution in [3.05, 3.63) is 90.2 Å². The quantitative estimate of drug-likeness (QED) is 0.377. The Labute approximate surface area is 180 Å². The molecule has 0 saturated carbocycles. The highest BCUT2D eigenvalue weighted by Gasteiger charge is 2.11. The fourth-order valence-corrected chi connectivity index (χ4v) is 3.16. The zero-order chi connectivity index (χ0) is 21.6. The lowest BCUT2D eigenvalue weighted by Crippen LogP contribution is -2.00. The molecule has 6 heteroatoms. The van der Waals surface area contributed by atoms with E-state index < -0.39 is 0 Å². The number of esters is 1. The summed E-state index contributed by atoms with van der Waals surface area (Å²) in [7, 11) is 3.00. The minimum atomic E-state index is -0.378. The van der Waals surface area contributed by atoms with Gasteiger partial charge in [-0.25, -0.2) is 4.79 Å². The van der Waals surface area contributed by atoms with Gasteiger partial charge >= 0.3 is 5.97 Å². The Kier molecular flexibility index (Phi) is 5.98. The monoisotopic (exact) mass is 415 g/mol. The lowest BCUT2D eigenvalue weighted by Gasteiger charge is -2.11. The van der Waals surface area contributed by atoms with Crippen molar-refractivity contribution in [1.29, 1.82) is 0 Å². The second-order valence-corrected chi connectivity index (χ2v) is 6.76. The first-order chi connectivity index (χ1) is 15.2. The van der Waals surface area contributed by atoms with Crippen molar-refractivity contribution in [3.63, 3.8) is 0 Å². The normalized spacial score (nSPS) is 10.5. The maximum absolute atomic E-state index is 11.6. The van der Waals surface area contributed by atoms with Crippen molar-refractivity contribution < 1.29 is 23.5 Å². The van der Waals surface area contributed by atoms with Crippen LogP contribution in [0, 0.1) is 0 Å². The van der Waals surface area contributed by atoms with Gasteiger partial charge in [0.15, 0.2) is 5.76 Å². The van der Waals surface area contributed by atoms with Crippen molar-refractivity contribution in [2.75, 3.05) is 14.2 Å². The molecule has 6 nitrogen and oxygen atoms in total. The number of nitrogens with zero attached hydrogens (tertiary/aromatic N) is 1. The van der Waals surface area contributed by atoms with Crippen molar-refractivity contribution in [1.82, 2.24) is 5.16 Å². The zero-order valence-electron chi connectivity index (χ0n) is 17.2. The van der Waals surface area contributed by atoms with Crippen LogP contribution >= 0.6 is 0 Å². The van der Waals surface area contributed by atoms with Crippen molar-refractivity contribution in [2.45, 2.75) is 6.61 Å². The number of rotatable bonds is 7. The lowest BCUT2D eigenvalue weighted by atomic mass is 10.0. The van der Waals surface area contributed by atoms with E-state index in [1.165, 1.54) is 7.11 Å². The van der Waals surface area contributed by atoms with Crippen LogP contribution in [0.1, 0.15) is 16.1 Å². The fraction of sp³-hybridized carbons (Fsp3) is 0.120. The second kappa shape index (κ2) is 9.17. The topological polar surface area (TPSA) is 70.8 Å². The molecule has 4 aromatic rings. The predicted molar refractivity (Wildman–Crippen MR) is 116 cm³/mol. The number of aromatic nitrogens is 1. The van der Waals surface area contributed by atoms with E-state index in [1.54, 1.807) is 31.4 Å². The van der Waals surface area contributed by atoms with Gasteiger partial charge in [0.1, 0.15) is 23.8 Å². The fourth-order valence-electron chi connectivity index (χ4n) is 3.16. The molecule has 0 atom stereocenters. The summed E-state index contributed by atoms with van der Waals surface area (Å²) in [6, 6.07) is 24.4. The van der Waals surface area contributed by atoms with Crippen LogP contribution in [0.4, 0.5) is 0 Å². The third kappa shape index (κ3) is 4.59. The van der Waals surface area contributed by atoms with Gasteiger partial charge in [-0.05, 0) is 35.9 Å². The molecule has 0 N–H and O–H groups in total. The van der Waals surface area contributed by atoms with E-state index >= 15 is 0 Å². The SMILES string of the molecule is COC(=O)c1ccc(-c2cc(COc3ccccc3-c3ccc(OC)cc3)on2)cc1. The smallest absolute Gasteiger partial charge is 0.337 e. The van der Waals surface area contributed by atoms with E-state index in [1.807, 2.05) is 54.6 Å². The van der Waals surface area contributed by atoms with Gasteiger partial charge in [0.05, 0.1) is 19.8 Å². The Morgan fingerprint density at radius 3 is 2.32 bits per heavy atom. The third-order valence-electron chi connectivity index (χ3n) is 4.82. The van der Waals surface area contributed by atoms with Crippen LogP contribution in [0.3, 0.4) is 0 Å². The van der Waals surface area contributed by atoms with E-state index in [2.05, 4.69) is 5.16 Å². The molecule has 0 spiro atoms. The Morgan fingerprint density at radius 1 is 0.903 bits per heavy atom. The minimum Gasteiger partial charge on any atom is -0.497 e. The number of carbonyl (C=O) groups is 1. The highest BCUT2D eigenvalue weighted by molar-refractivity contribution is 5.89. The molecular formula is C25H21NO5. The Bertz CT molecular complexity index is 1160. The Hall–Kier alpha value is -4.06. The molecule has 156 valence electrons. The number of hydrogen-bond acceptors (Lipinski definition) is 6. The van der Waals surface area contributed by atoms with Gasteiger partial charge in [0.25, 0.3) is 0 Å². The van der Waals surface area contributed by atoms with Crippen LogP contribution in [0.5, 0.6) is 11.5 Å². The summed E-state index contributed by atoms with van der Waals surface area (Å²) in [5.74, 6) is 1.76. The van der Waals surface area contributed by atoms with E-state index in [0.717, 1.165) is 28.2 Å². The van der Waals surface area contributed by atoms with Crippen LogP contribution in [-0.4, -0.2) is 25.3 Å². The summed E-state index contributed by atoms with van der Waals surface area (Å²) in [5, 5.41) is 4.11. The molecule has 1 heterocycles. The van der Waals surface area contributed by atoms with Crippen LogP contribution in [0.15, 0.2) is 83.4 Å². The van der Waals surface area contributed by atoms with Crippen molar-refractivity contribution >= 4 is 5.97 Å². The largest absolute Gasteiger partial charge is 0.497 e. The van der Waals surface area contributed by atoms with E-state index in [0.29, 0.717) is 17.0 Å². The number of hydrogen-bond donors (Lipinski definition) is 0. The van der Waals surface area contributed by atoms with Gasteiger partial charge < -0.3 is 18.7 Å². The van der Waals surface area contributed by atoms with Gasteiger partial charge in [-0.15, -0.1) is 0 Å². The highest BCUT2D eigenvalue weighted by Crippen LogP contribution is 2.31. The van der Waals surface area contributed by atoms with Gasteiger partial charge in [-0.3, -0.25) is 0 Å². The summed E-state index contributed by atoms with van der Waals surface area (Å²) < 4.78 is 21.4. The molecule has 0 fully saturated rings. The van der Waals surface area contributed by atoms with Crippen LogP contribution in [-0.2, 0) is 11.3 Å². The first-order valence-corrected chi connectivity index (χ1v) is 9.68. The summed E-state index contributed by atoms with van der Waals surface area (Å²) in [6.45, 7) is 0.237. The molecular weight excluding hydrogens is 394 g/mol. The average molecular weight is 415 g/mol. The summed E-state index contributed by atoms with van der Waals surface area (Å²) >= 11 is 0. The standard InChI is InChI=1S/C25H21NO5/c1-28-20-13-11-17(12-14-20)22-5-3-4-6-24(22)30-16-21-15-23(26-31-21)18-7-9-19(10-8-18)25(27)29-2/h3-15H,16H2,1-2H3. The van der Waals surface area contributed by atoms with E-state index in [9.17, 15) is 4.79 Å². The maximum Gasteiger partial charge on any atom is 0.337 e. The summed E-state index contributed by atoms with van der Waals surface area (Å²) in [6.07, 6.45) is 0. The molecule has 1 aromatic heterocycles. The van der Waals surface area contributed by atoms with Crippen LogP contribution in [0.2, 0.25) is 0 Å². The Balaban J connectivity index is 1.47. The molecule has 0 aliphatic carbocycles. The number of methoxy groups -OCH3 is 2. The number of benzene rings is 3. The van der Waals surface area contributed by atoms with E-state index in [4.69, 9.17) is 18.7 Å². The second-order valence-electron chi connectivity index (χ2n) is 6.76. The predicted octanol–water partition coefficient (Wildman–Crippen LogP) is 5.38. The van der Waals surface area contributed by atoms with Crippen molar-refractivity contribution in [3.8, 4) is 33.9 Å². The van der Waals surface area contributed by atoms with Gasteiger partial charge in [-0.2, -0.15) is 0 Å². The maximum atomic E-state index is 11.6. The van der Waals surface area contributed by atoms with Crippen LogP contribution < -0.4 is 9.47 Å². The zero-order valence-corrected chi connectivity index (χ0v) is 17.2. The van der Waals surface area contributed by atoms with Gasteiger partial charge in [-0.1, -0.05) is 47.6 Å². The number of para-hydroxylation sites is 1. The first kappa shape index (κ1) is 20.2. The molecule has 0 unspecified atom stereocenters. The van der Waals surface area contributed by atoms with Gasteiger partial charge in [0, 0.05) is 17.2 Å². The van der Waals surface area contributed by atoms with Crippen molar-refractivity contribution in [2.24, 2.45) is 0 Å². The molecule has 0 aliphatic rings. The molecule has 0 amide bonds. The third-order valence-corrected chi connectivity index (χ3v) is 4.82. The molecule has 31 heavy (non-hydrogen) atoms. The molecule has 4 rings (SSSR count). The minimum absolute atomic E-state index is 0.237.